The fraction of sp³-hybridized carbons (Fsp3) is 0.375. The molecule has 1 aromatic rings. The Labute approximate surface area is 59.9 Å². The third kappa shape index (κ3) is 1.02. The summed E-state index contributed by atoms with van der Waals surface area (Å²) in [7, 11) is 0. The summed E-state index contributed by atoms with van der Waals surface area (Å²) in [4.78, 5) is 4.22. The van der Waals surface area contributed by atoms with Crippen molar-refractivity contribution in [2.45, 2.75) is 13.0 Å². The van der Waals surface area contributed by atoms with Crippen LogP contribution in [0.5, 0.6) is 0 Å². The highest BCUT2D eigenvalue weighted by molar-refractivity contribution is 5.15. The average molecular weight is 135 g/mol. The molecule has 0 radical (unpaired) electrons. The summed E-state index contributed by atoms with van der Waals surface area (Å²) < 4.78 is 5.07. The van der Waals surface area contributed by atoms with Gasteiger partial charge in [0.15, 0.2) is 0 Å². The Morgan fingerprint density at radius 1 is 1.60 bits per heavy atom. The number of pyridine rings is 1. The Kier molecular flexibility index (Phi) is 1.21. The predicted molar refractivity (Wildman–Crippen MR) is 37.7 cm³/mol. The van der Waals surface area contributed by atoms with Gasteiger partial charge in [-0.15, -0.1) is 0 Å². The zero-order chi connectivity index (χ0) is 6.97. The van der Waals surface area contributed by atoms with Crippen LogP contribution in [0.15, 0.2) is 18.3 Å². The van der Waals surface area contributed by atoms with Gasteiger partial charge in [-0.3, -0.25) is 4.98 Å². The lowest BCUT2D eigenvalue weighted by Gasteiger charge is -1.93. The molecule has 0 aromatic carbocycles. The van der Waals surface area contributed by atoms with Gasteiger partial charge in [0.1, 0.15) is 6.10 Å². The van der Waals surface area contributed by atoms with Crippen LogP contribution >= 0.6 is 0 Å². The van der Waals surface area contributed by atoms with Crippen molar-refractivity contribution in [3.63, 3.8) is 0 Å². The van der Waals surface area contributed by atoms with Crippen LogP contribution in [-0.2, 0) is 4.74 Å². The van der Waals surface area contributed by atoms with Gasteiger partial charge < -0.3 is 4.74 Å². The highest BCUT2D eigenvalue weighted by Crippen LogP contribution is 2.27. The molecule has 2 heterocycles. The lowest BCUT2D eigenvalue weighted by Crippen LogP contribution is -1.85. The normalized spacial score (nSPS) is 22.7. The van der Waals surface area contributed by atoms with Crippen molar-refractivity contribution >= 4 is 0 Å². The summed E-state index contributed by atoms with van der Waals surface area (Å²) >= 11 is 0. The molecule has 0 bridgehead atoms. The van der Waals surface area contributed by atoms with E-state index in [9.17, 15) is 0 Å². The maximum atomic E-state index is 5.07. The van der Waals surface area contributed by atoms with Crippen molar-refractivity contribution in [3.8, 4) is 0 Å². The van der Waals surface area contributed by atoms with E-state index in [1.54, 1.807) is 0 Å². The minimum atomic E-state index is 0.292. The summed E-state index contributed by atoms with van der Waals surface area (Å²) in [6.45, 7) is 2.88. The summed E-state index contributed by atoms with van der Waals surface area (Å²) in [6.07, 6.45) is 2.16. The summed E-state index contributed by atoms with van der Waals surface area (Å²) in [6, 6.07) is 4.08. The molecule has 2 nitrogen and oxygen atoms in total. The second kappa shape index (κ2) is 2.06. The predicted octanol–water partition coefficient (Wildman–Crippen LogP) is 1.46. The van der Waals surface area contributed by atoms with E-state index in [4.69, 9.17) is 4.74 Å². The second-order valence-corrected chi connectivity index (χ2v) is 2.58. The topological polar surface area (TPSA) is 25.4 Å². The largest absolute Gasteiger partial charge is 0.366 e. The van der Waals surface area contributed by atoms with E-state index in [2.05, 4.69) is 11.1 Å². The number of hydrogen-bond acceptors (Lipinski definition) is 2. The third-order valence-electron chi connectivity index (χ3n) is 1.60. The van der Waals surface area contributed by atoms with Crippen LogP contribution in [0.4, 0.5) is 0 Å². The Balaban J connectivity index is 2.28. The summed E-state index contributed by atoms with van der Waals surface area (Å²) in [5.74, 6) is 0. The van der Waals surface area contributed by atoms with E-state index in [1.807, 2.05) is 19.2 Å². The molecule has 0 saturated carbocycles. The van der Waals surface area contributed by atoms with E-state index in [0.717, 1.165) is 12.3 Å². The average Bonchev–Trinajstić information content (AvgIpc) is 2.71. The zero-order valence-corrected chi connectivity index (χ0v) is 5.87. The number of aromatic nitrogens is 1. The standard InChI is InChI=1S/C8H9NO/c1-6-2-3-7(9-4-6)8-5-10-8/h2-4,8H,5H2,1H3/t8-/m1/s1. The fourth-order valence-corrected chi connectivity index (χ4v) is 0.889. The first-order valence-electron chi connectivity index (χ1n) is 3.40. The molecule has 2 heteroatoms. The van der Waals surface area contributed by atoms with Crippen LogP contribution in [0, 0.1) is 6.92 Å². The van der Waals surface area contributed by atoms with Crippen molar-refractivity contribution in [3.05, 3.63) is 29.6 Å². The number of epoxide rings is 1. The van der Waals surface area contributed by atoms with E-state index >= 15 is 0 Å². The minimum absolute atomic E-state index is 0.292. The Bertz CT molecular complexity index is 226. The van der Waals surface area contributed by atoms with E-state index in [1.165, 1.54) is 5.56 Å². The van der Waals surface area contributed by atoms with Gasteiger partial charge in [0, 0.05) is 6.20 Å². The lowest BCUT2D eigenvalue weighted by atomic mass is 10.2. The van der Waals surface area contributed by atoms with E-state index < -0.39 is 0 Å². The van der Waals surface area contributed by atoms with Gasteiger partial charge in [0.2, 0.25) is 0 Å². The zero-order valence-electron chi connectivity index (χ0n) is 5.87. The Hall–Kier alpha value is -0.890. The molecule has 1 atom stereocenters. The molecule has 0 aliphatic carbocycles. The van der Waals surface area contributed by atoms with Crippen molar-refractivity contribution in [2.75, 3.05) is 6.61 Å². The monoisotopic (exact) mass is 135 g/mol. The van der Waals surface area contributed by atoms with Gasteiger partial charge in [0.05, 0.1) is 12.3 Å². The fourth-order valence-electron chi connectivity index (χ4n) is 0.889. The molecular formula is C8H9NO. The third-order valence-corrected chi connectivity index (χ3v) is 1.60. The van der Waals surface area contributed by atoms with Crippen LogP contribution in [0.2, 0.25) is 0 Å². The summed E-state index contributed by atoms with van der Waals surface area (Å²) in [5, 5.41) is 0. The number of hydrogen-bond donors (Lipinski definition) is 0. The first-order valence-corrected chi connectivity index (χ1v) is 3.40. The smallest absolute Gasteiger partial charge is 0.123 e. The van der Waals surface area contributed by atoms with Gasteiger partial charge in [-0.1, -0.05) is 6.07 Å². The number of aryl methyl sites for hydroxylation is 1. The van der Waals surface area contributed by atoms with Crippen molar-refractivity contribution in [2.24, 2.45) is 0 Å². The maximum Gasteiger partial charge on any atom is 0.123 e. The van der Waals surface area contributed by atoms with Crippen molar-refractivity contribution < 1.29 is 4.74 Å². The minimum Gasteiger partial charge on any atom is -0.366 e. The van der Waals surface area contributed by atoms with Gasteiger partial charge in [-0.2, -0.15) is 0 Å². The molecule has 0 N–H and O–H groups in total. The Morgan fingerprint density at radius 2 is 2.40 bits per heavy atom. The molecular weight excluding hydrogens is 126 g/mol. The SMILES string of the molecule is Cc1ccc([C@H]2CO2)nc1. The van der Waals surface area contributed by atoms with Crippen LogP contribution in [0.3, 0.4) is 0 Å². The molecule has 1 aliphatic rings. The van der Waals surface area contributed by atoms with E-state index in [-0.39, 0.29) is 0 Å². The molecule has 1 fully saturated rings. The first kappa shape index (κ1) is 5.86. The van der Waals surface area contributed by atoms with Gasteiger partial charge in [-0.05, 0) is 18.6 Å². The Morgan fingerprint density at radius 3 is 2.90 bits per heavy atom. The van der Waals surface area contributed by atoms with Crippen LogP contribution in [0.25, 0.3) is 0 Å². The van der Waals surface area contributed by atoms with Gasteiger partial charge in [0.25, 0.3) is 0 Å². The van der Waals surface area contributed by atoms with Crippen LogP contribution in [-0.4, -0.2) is 11.6 Å². The van der Waals surface area contributed by atoms with Crippen LogP contribution < -0.4 is 0 Å². The highest BCUT2D eigenvalue weighted by Gasteiger charge is 2.25. The highest BCUT2D eigenvalue weighted by atomic mass is 16.6. The number of ether oxygens (including phenoxy) is 1. The molecule has 0 spiro atoms. The van der Waals surface area contributed by atoms with Gasteiger partial charge >= 0.3 is 0 Å². The summed E-state index contributed by atoms with van der Waals surface area (Å²) in [5.41, 5.74) is 2.26. The molecule has 1 aliphatic heterocycles. The number of nitrogens with zero attached hydrogens (tertiary/aromatic N) is 1. The lowest BCUT2D eigenvalue weighted by molar-refractivity contribution is 0.411. The molecule has 0 amide bonds. The van der Waals surface area contributed by atoms with E-state index in [0.29, 0.717) is 6.10 Å². The molecule has 1 saturated heterocycles. The second-order valence-electron chi connectivity index (χ2n) is 2.58. The quantitative estimate of drug-likeness (QED) is 0.545. The molecule has 10 heavy (non-hydrogen) atoms. The maximum absolute atomic E-state index is 5.07. The molecule has 1 aromatic heterocycles. The van der Waals surface area contributed by atoms with Crippen molar-refractivity contribution in [1.82, 2.24) is 4.98 Å². The number of rotatable bonds is 1. The van der Waals surface area contributed by atoms with Crippen molar-refractivity contribution in [1.29, 1.82) is 0 Å². The molecule has 0 unspecified atom stereocenters. The van der Waals surface area contributed by atoms with Crippen LogP contribution in [0.1, 0.15) is 17.4 Å². The van der Waals surface area contributed by atoms with Gasteiger partial charge in [-0.25, -0.2) is 0 Å². The molecule has 52 valence electrons. The first-order chi connectivity index (χ1) is 4.86. The molecule has 2 rings (SSSR count).